The van der Waals surface area contributed by atoms with Crippen LogP contribution in [0.2, 0.25) is 0 Å². The van der Waals surface area contributed by atoms with Gasteiger partial charge in [-0.15, -0.1) is 0 Å². The fraction of sp³-hybridized carbons (Fsp3) is 0.167. The van der Waals surface area contributed by atoms with Crippen LogP contribution in [0.1, 0.15) is 26.3 Å². The number of methoxy groups -OCH3 is 2. The smallest absolute Gasteiger partial charge is 0.338 e. The van der Waals surface area contributed by atoms with Gasteiger partial charge >= 0.3 is 5.97 Å². The molecule has 6 nitrogen and oxygen atoms in total. The molecule has 0 aliphatic heterocycles. The van der Waals surface area contributed by atoms with Gasteiger partial charge in [0.2, 0.25) is 5.78 Å². The molecule has 0 aliphatic rings. The van der Waals surface area contributed by atoms with Gasteiger partial charge in [-0.1, -0.05) is 6.07 Å². The highest BCUT2D eigenvalue weighted by Gasteiger charge is 2.16. The lowest BCUT2D eigenvalue weighted by Crippen LogP contribution is -2.15. The minimum atomic E-state index is -0.673. The van der Waals surface area contributed by atoms with Crippen molar-refractivity contribution in [1.29, 1.82) is 5.26 Å². The fourth-order valence-electron chi connectivity index (χ4n) is 2.04. The predicted octanol–water partition coefficient (Wildman–Crippen LogP) is 2.62. The van der Waals surface area contributed by atoms with Gasteiger partial charge in [-0.2, -0.15) is 5.26 Å². The van der Waals surface area contributed by atoms with Crippen molar-refractivity contribution in [1.82, 2.24) is 0 Å². The number of benzene rings is 2. The van der Waals surface area contributed by atoms with Crippen LogP contribution in [0.5, 0.6) is 11.5 Å². The van der Waals surface area contributed by atoms with E-state index < -0.39 is 18.4 Å². The van der Waals surface area contributed by atoms with Crippen molar-refractivity contribution in [3.8, 4) is 17.6 Å². The average molecular weight is 325 g/mol. The zero-order valence-electron chi connectivity index (χ0n) is 13.2. The van der Waals surface area contributed by atoms with Crippen LogP contribution in [0.25, 0.3) is 0 Å². The molecule has 0 saturated heterocycles. The number of hydrogen-bond donors (Lipinski definition) is 0. The monoisotopic (exact) mass is 325 g/mol. The van der Waals surface area contributed by atoms with Crippen molar-refractivity contribution >= 4 is 11.8 Å². The van der Waals surface area contributed by atoms with E-state index >= 15 is 0 Å². The zero-order valence-corrected chi connectivity index (χ0v) is 13.2. The first-order valence-corrected chi connectivity index (χ1v) is 7.01. The number of esters is 1. The third-order valence-electron chi connectivity index (χ3n) is 3.27. The molecule has 2 aromatic rings. The number of carbonyl (C=O) groups is 2. The Bertz CT molecular complexity index is 807. The van der Waals surface area contributed by atoms with Gasteiger partial charge in [0.05, 0.1) is 37.0 Å². The molecule has 0 heterocycles. The Kier molecular flexibility index (Phi) is 5.53. The van der Waals surface area contributed by atoms with Crippen LogP contribution in [0.3, 0.4) is 0 Å². The summed E-state index contributed by atoms with van der Waals surface area (Å²) in [6, 6.07) is 12.7. The molecule has 122 valence electrons. The second-order valence-electron chi connectivity index (χ2n) is 4.76. The van der Waals surface area contributed by atoms with Crippen LogP contribution < -0.4 is 9.47 Å². The number of ether oxygens (including phenoxy) is 3. The summed E-state index contributed by atoms with van der Waals surface area (Å²) in [6.07, 6.45) is 0. The molecular weight excluding hydrogens is 310 g/mol. The summed E-state index contributed by atoms with van der Waals surface area (Å²) in [4.78, 5) is 24.2. The van der Waals surface area contributed by atoms with E-state index in [-0.39, 0.29) is 11.1 Å². The van der Waals surface area contributed by atoms with E-state index in [4.69, 9.17) is 19.5 Å². The first kappa shape index (κ1) is 17.0. The van der Waals surface area contributed by atoms with E-state index in [2.05, 4.69) is 0 Å². The molecule has 0 unspecified atom stereocenters. The van der Waals surface area contributed by atoms with Gasteiger partial charge in [0, 0.05) is 6.07 Å². The van der Waals surface area contributed by atoms with E-state index in [9.17, 15) is 9.59 Å². The van der Waals surface area contributed by atoms with Gasteiger partial charge in [-0.05, 0) is 30.3 Å². The SMILES string of the molecule is COc1ccc(C(=O)COC(=O)c2cccc(C#N)c2)c(OC)c1. The molecule has 0 radical (unpaired) electrons. The van der Waals surface area contributed by atoms with Crippen LogP contribution in [-0.4, -0.2) is 32.6 Å². The Morgan fingerprint density at radius 2 is 1.88 bits per heavy atom. The van der Waals surface area contributed by atoms with Crippen molar-refractivity contribution in [3.63, 3.8) is 0 Å². The maximum Gasteiger partial charge on any atom is 0.338 e. The molecule has 0 spiro atoms. The molecule has 2 aromatic carbocycles. The topological polar surface area (TPSA) is 85.6 Å². The summed E-state index contributed by atoms with van der Waals surface area (Å²) in [7, 11) is 2.94. The molecule has 0 saturated carbocycles. The number of rotatable bonds is 6. The Balaban J connectivity index is 2.07. The van der Waals surface area contributed by atoms with Gasteiger partial charge in [0.15, 0.2) is 6.61 Å². The lowest BCUT2D eigenvalue weighted by atomic mass is 10.1. The summed E-state index contributed by atoms with van der Waals surface area (Å²) in [5.41, 5.74) is 0.841. The minimum absolute atomic E-state index is 0.212. The van der Waals surface area contributed by atoms with Crippen LogP contribution >= 0.6 is 0 Å². The Morgan fingerprint density at radius 1 is 1.08 bits per heavy atom. The standard InChI is InChI=1S/C18H15NO5/c1-22-14-6-7-15(17(9-14)23-2)16(20)11-24-18(21)13-5-3-4-12(8-13)10-19/h3-9H,11H2,1-2H3. The first-order valence-electron chi connectivity index (χ1n) is 7.01. The van der Waals surface area contributed by atoms with E-state index in [1.807, 2.05) is 6.07 Å². The maximum atomic E-state index is 12.2. The van der Waals surface area contributed by atoms with Crippen molar-refractivity contribution in [2.75, 3.05) is 20.8 Å². The van der Waals surface area contributed by atoms with Crippen LogP contribution in [-0.2, 0) is 4.74 Å². The summed E-state index contributed by atoms with van der Waals surface area (Å²) in [6.45, 7) is -0.432. The van der Waals surface area contributed by atoms with E-state index in [0.717, 1.165) is 0 Å². The van der Waals surface area contributed by atoms with Crippen molar-refractivity contribution in [3.05, 3.63) is 59.2 Å². The largest absolute Gasteiger partial charge is 0.497 e. The van der Waals surface area contributed by atoms with Gasteiger partial charge in [-0.25, -0.2) is 4.79 Å². The molecule has 0 aromatic heterocycles. The summed E-state index contributed by atoms with van der Waals surface area (Å²) in [5.74, 6) is -0.192. The fourth-order valence-corrected chi connectivity index (χ4v) is 2.04. The molecule has 0 aliphatic carbocycles. The molecule has 0 bridgehead atoms. The Morgan fingerprint density at radius 3 is 2.54 bits per heavy atom. The quantitative estimate of drug-likeness (QED) is 0.599. The lowest BCUT2D eigenvalue weighted by molar-refractivity contribution is 0.0474. The molecule has 0 atom stereocenters. The molecule has 0 fully saturated rings. The summed E-state index contributed by atoms with van der Waals surface area (Å²) < 4.78 is 15.2. The van der Waals surface area contributed by atoms with Gasteiger partial charge in [0.1, 0.15) is 11.5 Å². The number of nitriles is 1. The average Bonchev–Trinajstić information content (AvgIpc) is 2.65. The second kappa shape index (κ2) is 7.79. The summed E-state index contributed by atoms with van der Waals surface area (Å²) in [5, 5.41) is 8.83. The predicted molar refractivity (Wildman–Crippen MR) is 85.3 cm³/mol. The highest BCUT2D eigenvalue weighted by Crippen LogP contribution is 2.25. The molecule has 2 rings (SSSR count). The van der Waals surface area contributed by atoms with Gasteiger partial charge in [0.25, 0.3) is 0 Å². The van der Waals surface area contributed by atoms with Crippen molar-refractivity contribution in [2.45, 2.75) is 0 Å². The van der Waals surface area contributed by atoms with Crippen molar-refractivity contribution in [2.24, 2.45) is 0 Å². The highest BCUT2D eigenvalue weighted by molar-refractivity contribution is 6.01. The van der Waals surface area contributed by atoms with Gasteiger partial charge < -0.3 is 14.2 Å². The number of ketones is 1. The first-order chi connectivity index (χ1) is 11.6. The van der Waals surface area contributed by atoms with Crippen LogP contribution in [0.4, 0.5) is 0 Å². The van der Waals surface area contributed by atoms with E-state index in [1.54, 1.807) is 30.3 Å². The Labute approximate surface area is 139 Å². The number of carbonyl (C=O) groups excluding carboxylic acids is 2. The molecule has 0 amide bonds. The number of Topliss-reactive ketones (excluding diaryl/α,β-unsaturated/α-hetero) is 1. The molecule has 24 heavy (non-hydrogen) atoms. The molecule has 6 heteroatoms. The van der Waals surface area contributed by atoms with Gasteiger partial charge in [-0.3, -0.25) is 4.79 Å². The third-order valence-corrected chi connectivity index (χ3v) is 3.27. The number of nitrogens with zero attached hydrogens (tertiary/aromatic N) is 1. The summed E-state index contributed by atoms with van der Waals surface area (Å²) >= 11 is 0. The van der Waals surface area contributed by atoms with Crippen LogP contribution in [0.15, 0.2) is 42.5 Å². The second-order valence-corrected chi connectivity index (χ2v) is 4.76. The molecule has 0 N–H and O–H groups in total. The highest BCUT2D eigenvalue weighted by atomic mass is 16.5. The van der Waals surface area contributed by atoms with Crippen LogP contribution in [0, 0.1) is 11.3 Å². The zero-order chi connectivity index (χ0) is 17.5. The Hall–Kier alpha value is -3.33. The van der Waals surface area contributed by atoms with Crippen molar-refractivity contribution < 1.29 is 23.8 Å². The minimum Gasteiger partial charge on any atom is -0.497 e. The van der Waals surface area contributed by atoms with E-state index in [0.29, 0.717) is 17.1 Å². The molecular formula is C18H15NO5. The van der Waals surface area contributed by atoms with E-state index in [1.165, 1.54) is 26.4 Å². The maximum absolute atomic E-state index is 12.2. The third kappa shape index (κ3) is 3.90. The normalized spacial score (nSPS) is 9.71. The lowest BCUT2D eigenvalue weighted by Gasteiger charge is -2.10. The number of hydrogen-bond acceptors (Lipinski definition) is 6.